The highest BCUT2D eigenvalue weighted by molar-refractivity contribution is 7.80. The van der Waals surface area contributed by atoms with E-state index in [2.05, 4.69) is 33.6 Å². The van der Waals surface area contributed by atoms with Crippen LogP contribution >= 0.6 is 12.6 Å². The number of carboxylic acid groups (broad SMARTS) is 1. The summed E-state index contributed by atoms with van der Waals surface area (Å²) >= 11 is 4.00. The molecule has 0 saturated carbocycles. The molecule has 202 valence electrons. The van der Waals surface area contributed by atoms with Crippen LogP contribution in [0, 0.1) is 0 Å². The lowest BCUT2D eigenvalue weighted by Crippen LogP contribution is -2.60. The third kappa shape index (κ3) is 8.48. The van der Waals surface area contributed by atoms with Crippen LogP contribution in [0.25, 0.3) is 10.9 Å². The van der Waals surface area contributed by atoms with Gasteiger partial charge in [-0.2, -0.15) is 12.6 Å². The second-order valence-corrected chi connectivity index (χ2v) is 8.91. The lowest BCUT2D eigenvalue weighted by molar-refractivity contribution is -0.143. The molecule has 1 heterocycles. The summed E-state index contributed by atoms with van der Waals surface area (Å²) in [5, 5.41) is 27.4. The number of aliphatic carboxylic acids is 1. The van der Waals surface area contributed by atoms with E-state index >= 15 is 0 Å². The minimum atomic E-state index is -1.57. The smallest absolute Gasteiger partial charge is 0.326 e. The van der Waals surface area contributed by atoms with Crippen molar-refractivity contribution in [3.05, 3.63) is 36.0 Å². The van der Waals surface area contributed by atoms with E-state index in [0.29, 0.717) is 5.56 Å². The fourth-order valence-corrected chi connectivity index (χ4v) is 3.72. The number of carbonyl (C=O) groups excluding carboxylic acids is 4. The Labute approximate surface area is 218 Å². The van der Waals surface area contributed by atoms with Crippen molar-refractivity contribution in [3.8, 4) is 0 Å². The molecule has 2 aromatic rings. The molecule has 5 unspecified atom stereocenters. The summed E-state index contributed by atoms with van der Waals surface area (Å²) in [6.07, 6.45) is -0.306. The zero-order valence-corrected chi connectivity index (χ0v) is 21.0. The van der Waals surface area contributed by atoms with Gasteiger partial charge < -0.3 is 42.6 Å². The molecule has 4 amide bonds. The van der Waals surface area contributed by atoms with Crippen molar-refractivity contribution in [3.63, 3.8) is 0 Å². The molecule has 0 bridgehead atoms. The topological polar surface area (TPSA) is 230 Å². The Balaban J connectivity index is 2.25. The van der Waals surface area contributed by atoms with E-state index < -0.39 is 59.9 Å². The van der Waals surface area contributed by atoms with Crippen LogP contribution < -0.4 is 27.4 Å². The summed E-state index contributed by atoms with van der Waals surface area (Å²) in [5.74, 6) is -4.61. The van der Waals surface area contributed by atoms with E-state index in [0.717, 1.165) is 10.9 Å². The van der Waals surface area contributed by atoms with Crippen LogP contribution in [0.15, 0.2) is 30.5 Å². The summed E-state index contributed by atoms with van der Waals surface area (Å²) in [4.78, 5) is 64.1. The Morgan fingerprint density at radius 3 is 2.27 bits per heavy atom. The van der Waals surface area contributed by atoms with Crippen molar-refractivity contribution >= 4 is 53.1 Å². The molecule has 1 aromatic heterocycles. The number of hydrogen-bond acceptors (Lipinski definition) is 8. The predicted octanol–water partition coefficient (Wildman–Crippen LogP) is -1.85. The fraction of sp³-hybridized carbons (Fsp3) is 0.435. The molecule has 0 saturated heterocycles. The minimum Gasteiger partial charge on any atom is -0.480 e. The van der Waals surface area contributed by atoms with Gasteiger partial charge in [-0.05, 0) is 25.0 Å². The minimum absolute atomic E-state index is 0.0192. The molecule has 10 N–H and O–H groups in total. The Kier molecular flexibility index (Phi) is 10.9. The van der Waals surface area contributed by atoms with Gasteiger partial charge in [-0.15, -0.1) is 0 Å². The molecule has 0 aliphatic rings. The van der Waals surface area contributed by atoms with Crippen LogP contribution in [0.4, 0.5) is 0 Å². The van der Waals surface area contributed by atoms with Gasteiger partial charge in [0.2, 0.25) is 23.6 Å². The van der Waals surface area contributed by atoms with Crippen molar-refractivity contribution in [2.75, 3.05) is 5.75 Å². The number of aliphatic hydroxyl groups excluding tert-OH is 1. The summed E-state index contributed by atoms with van der Waals surface area (Å²) in [5.41, 5.74) is 12.3. The second-order valence-electron chi connectivity index (χ2n) is 8.55. The SMILES string of the molecule is CC(O)C(NC(=O)C(Cc1c[nH]c2ccccc12)NC(=O)C(N)CS)C(=O)NC(CCC(N)=O)C(=O)O. The highest BCUT2D eigenvalue weighted by atomic mass is 32.1. The molecule has 13 nitrogen and oxygen atoms in total. The number of aromatic amines is 1. The van der Waals surface area contributed by atoms with Gasteiger partial charge in [-0.1, -0.05) is 18.2 Å². The predicted molar refractivity (Wildman–Crippen MR) is 137 cm³/mol. The Morgan fingerprint density at radius 2 is 1.68 bits per heavy atom. The summed E-state index contributed by atoms with van der Waals surface area (Å²) in [6.45, 7) is 1.23. The number of carboxylic acids is 1. The van der Waals surface area contributed by atoms with Crippen molar-refractivity contribution in [2.24, 2.45) is 11.5 Å². The largest absolute Gasteiger partial charge is 0.480 e. The van der Waals surface area contributed by atoms with Gasteiger partial charge >= 0.3 is 5.97 Å². The monoisotopic (exact) mass is 536 g/mol. The lowest BCUT2D eigenvalue weighted by Gasteiger charge is -2.26. The maximum atomic E-state index is 13.2. The van der Waals surface area contributed by atoms with Crippen LogP contribution in [0.1, 0.15) is 25.3 Å². The number of aromatic nitrogens is 1. The van der Waals surface area contributed by atoms with Crippen LogP contribution in [-0.4, -0.2) is 80.8 Å². The number of aliphatic hydroxyl groups is 1. The highest BCUT2D eigenvalue weighted by Gasteiger charge is 2.33. The van der Waals surface area contributed by atoms with Gasteiger partial charge in [-0.25, -0.2) is 4.79 Å². The number of thiol groups is 1. The lowest BCUT2D eigenvalue weighted by atomic mass is 10.0. The van der Waals surface area contributed by atoms with Gasteiger partial charge in [0.1, 0.15) is 18.1 Å². The third-order valence-corrected chi connectivity index (χ3v) is 6.02. The molecule has 5 atom stereocenters. The van der Waals surface area contributed by atoms with E-state index in [1.54, 1.807) is 6.20 Å². The summed E-state index contributed by atoms with van der Waals surface area (Å²) < 4.78 is 0. The van der Waals surface area contributed by atoms with Crippen LogP contribution in [0.5, 0.6) is 0 Å². The molecule has 0 radical (unpaired) electrons. The first-order valence-electron chi connectivity index (χ1n) is 11.5. The molecule has 0 fully saturated rings. The Bertz CT molecular complexity index is 1140. The molecule has 0 spiro atoms. The zero-order valence-electron chi connectivity index (χ0n) is 20.1. The standard InChI is InChI=1S/C23H32N6O7S/c1-11(30)19(22(34)27-16(23(35)36)6-7-18(25)31)29-21(33)17(28-20(32)14(24)10-37)8-12-9-26-15-5-3-2-4-13(12)15/h2-5,9,11,14,16-17,19,26,30,37H,6-8,10,24H2,1H3,(H2,25,31)(H,27,34)(H,28,32)(H,29,33)(H,35,36). The fourth-order valence-electron chi connectivity index (χ4n) is 3.56. The number of fused-ring (bicyclic) bond motifs is 1. The second kappa shape index (κ2) is 13.6. The van der Waals surface area contributed by atoms with Crippen LogP contribution in [0.2, 0.25) is 0 Å². The molecule has 2 rings (SSSR count). The van der Waals surface area contributed by atoms with Gasteiger partial charge in [0.05, 0.1) is 12.1 Å². The summed E-state index contributed by atoms with van der Waals surface area (Å²) in [7, 11) is 0. The number of nitrogens with one attached hydrogen (secondary N) is 4. The molecule has 0 aliphatic heterocycles. The van der Waals surface area contributed by atoms with E-state index in [1.807, 2.05) is 24.3 Å². The number of primary amides is 1. The van der Waals surface area contributed by atoms with E-state index in [9.17, 15) is 34.2 Å². The summed E-state index contributed by atoms with van der Waals surface area (Å²) in [6, 6.07) is 2.08. The molecule has 37 heavy (non-hydrogen) atoms. The number of para-hydroxylation sites is 1. The number of H-pyrrole nitrogens is 1. The van der Waals surface area contributed by atoms with E-state index in [4.69, 9.17) is 11.5 Å². The normalized spacial score (nSPS) is 15.1. The van der Waals surface area contributed by atoms with E-state index in [1.165, 1.54) is 6.92 Å². The van der Waals surface area contributed by atoms with Gasteiger partial charge in [0.15, 0.2) is 0 Å². The van der Waals surface area contributed by atoms with Crippen molar-refractivity contribution < 1.29 is 34.2 Å². The number of amides is 4. The van der Waals surface area contributed by atoms with Gasteiger partial charge in [0.25, 0.3) is 0 Å². The van der Waals surface area contributed by atoms with Gasteiger partial charge in [-0.3, -0.25) is 19.2 Å². The van der Waals surface area contributed by atoms with Crippen molar-refractivity contribution in [1.82, 2.24) is 20.9 Å². The van der Waals surface area contributed by atoms with Crippen molar-refractivity contribution in [2.45, 2.75) is 56.5 Å². The number of hydrogen-bond donors (Lipinski definition) is 9. The average Bonchev–Trinajstić information content (AvgIpc) is 3.25. The molecule has 1 aromatic carbocycles. The van der Waals surface area contributed by atoms with Gasteiger partial charge in [0, 0.05) is 35.7 Å². The molecule has 14 heteroatoms. The van der Waals surface area contributed by atoms with Crippen molar-refractivity contribution in [1.29, 1.82) is 0 Å². The highest BCUT2D eigenvalue weighted by Crippen LogP contribution is 2.19. The first-order valence-corrected chi connectivity index (χ1v) is 12.1. The number of benzene rings is 1. The first-order chi connectivity index (χ1) is 17.4. The van der Waals surface area contributed by atoms with E-state index in [-0.39, 0.29) is 25.0 Å². The maximum absolute atomic E-state index is 13.2. The molecule has 0 aliphatic carbocycles. The number of nitrogens with two attached hydrogens (primary N) is 2. The molecular formula is C23H32N6O7S. The quantitative estimate of drug-likeness (QED) is 0.124. The first kappa shape index (κ1) is 29.6. The zero-order chi connectivity index (χ0) is 27.7. The Morgan fingerprint density at radius 1 is 1.03 bits per heavy atom. The average molecular weight is 537 g/mol. The van der Waals surface area contributed by atoms with Crippen LogP contribution in [0.3, 0.4) is 0 Å². The molecular weight excluding hydrogens is 504 g/mol. The number of carbonyl (C=O) groups is 5. The Hall–Kier alpha value is -3.62. The third-order valence-electron chi connectivity index (χ3n) is 5.62. The number of rotatable bonds is 14. The van der Waals surface area contributed by atoms with Crippen LogP contribution in [-0.2, 0) is 30.4 Å². The maximum Gasteiger partial charge on any atom is 0.326 e.